The molecule has 0 saturated heterocycles. The number of hydrogen-bond acceptors (Lipinski definition) is 4. The van der Waals surface area contributed by atoms with E-state index in [9.17, 15) is 14.0 Å². The van der Waals surface area contributed by atoms with Crippen LogP contribution in [-0.2, 0) is 14.1 Å². The Kier molecular flexibility index (Phi) is 3.77. The number of benzene rings is 1. The summed E-state index contributed by atoms with van der Waals surface area (Å²) in [7, 11) is 2.73. The van der Waals surface area contributed by atoms with Crippen LogP contribution in [-0.4, -0.2) is 9.13 Å². The number of hydrogen-bond donors (Lipinski definition) is 0. The van der Waals surface area contributed by atoms with E-state index >= 15 is 0 Å². The molecule has 20 heavy (non-hydrogen) atoms. The van der Waals surface area contributed by atoms with Crippen molar-refractivity contribution in [1.29, 1.82) is 5.26 Å². The lowest BCUT2D eigenvalue weighted by Crippen LogP contribution is -2.39. The standard InChI is InChI=1S/C13H10FN3O2S/c1-16-11(18)8(7-15)12(17(2)13(16)19)20-10-6-4-3-5-9(10)14/h3-6H,1-2H3. The van der Waals surface area contributed by atoms with Crippen molar-refractivity contribution in [3.63, 3.8) is 0 Å². The van der Waals surface area contributed by atoms with Gasteiger partial charge in [0.1, 0.15) is 22.5 Å². The van der Waals surface area contributed by atoms with Gasteiger partial charge in [0.05, 0.1) is 0 Å². The third-order valence-electron chi connectivity index (χ3n) is 2.77. The SMILES string of the molecule is Cn1c(Sc2ccccc2F)c(C#N)c(=O)n(C)c1=O. The monoisotopic (exact) mass is 291 g/mol. The van der Waals surface area contributed by atoms with Gasteiger partial charge in [-0.1, -0.05) is 23.9 Å². The van der Waals surface area contributed by atoms with Gasteiger partial charge in [0.25, 0.3) is 5.56 Å². The highest BCUT2D eigenvalue weighted by atomic mass is 32.2. The Hall–Kier alpha value is -2.33. The molecule has 0 saturated carbocycles. The molecule has 0 aliphatic rings. The number of halogens is 1. The van der Waals surface area contributed by atoms with Crippen LogP contribution in [0.2, 0.25) is 0 Å². The topological polar surface area (TPSA) is 67.8 Å². The lowest BCUT2D eigenvalue weighted by molar-refractivity contribution is 0.599. The lowest BCUT2D eigenvalue weighted by atomic mass is 10.3. The van der Waals surface area contributed by atoms with E-state index in [2.05, 4.69) is 0 Å². The van der Waals surface area contributed by atoms with Crippen LogP contribution in [0.15, 0.2) is 43.8 Å². The predicted octanol–water partition coefficient (Wildman–Crippen LogP) is 1.25. The molecule has 5 nitrogen and oxygen atoms in total. The normalized spacial score (nSPS) is 10.3. The van der Waals surface area contributed by atoms with Crippen molar-refractivity contribution in [3.05, 3.63) is 56.5 Å². The minimum atomic E-state index is -0.686. The van der Waals surface area contributed by atoms with E-state index in [1.165, 1.54) is 32.3 Å². The molecule has 0 atom stereocenters. The highest BCUT2D eigenvalue weighted by Gasteiger charge is 2.17. The second-order valence-corrected chi connectivity index (χ2v) is 5.06. The average Bonchev–Trinajstić information content (AvgIpc) is 2.45. The van der Waals surface area contributed by atoms with Crippen molar-refractivity contribution < 1.29 is 4.39 Å². The van der Waals surface area contributed by atoms with Crippen molar-refractivity contribution in [2.24, 2.45) is 14.1 Å². The summed E-state index contributed by atoms with van der Waals surface area (Å²) in [6, 6.07) is 7.74. The van der Waals surface area contributed by atoms with Crippen molar-refractivity contribution in [3.8, 4) is 6.07 Å². The van der Waals surface area contributed by atoms with Gasteiger partial charge < -0.3 is 0 Å². The smallest absolute Gasteiger partial charge is 0.290 e. The average molecular weight is 291 g/mol. The second-order valence-electron chi connectivity index (χ2n) is 4.03. The fraction of sp³-hybridized carbons (Fsp3) is 0.154. The maximum atomic E-state index is 13.6. The van der Waals surface area contributed by atoms with Gasteiger partial charge >= 0.3 is 5.69 Å². The molecule has 1 aromatic carbocycles. The Bertz CT molecular complexity index is 833. The Labute approximate surface area is 117 Å². The third-order valence-corrected chi connectivity index (χ3v) is 3.99. The van der Waals surface area contributed by atoms with Crippen molar-refractivity contribution in [2.75, 3.05) is 0 Å². The van der Waals surface area contributed by atoms with E-state index in [4.69, 9.17) is 5.26 Å². The van der Waals surface area contributed by atoms with Gasteiger partial charge in [0.2, 0.25) is 0 Å². The summed E-state index contributed by atoms with van der Waals surface area (Å²) in [6.07, 6.45) is 0. The Morgan fingerprint density at radius 1 is 1.20 bits per heavy atom. The molecule has 0 bridgehead atoms. The molecular weight excluding hydrogens is 281 g/mol. The molecule has 2 aromatic rings. The molecule has 0 amide bonds. The first-order valence-electron chi connectivity index (χ1n) is 5.60. The quantitative estimate of drug-likeness (QED) is 0.781. The van der Waals surface area contributed by atoms with Crippen molar-refractivity contribution >= 4 is 11.8 Å². The lowest BCUT2D eigenvalue weighted by Gasteiger charge is -2.11. The number of nitriles is 1. The summed E-state index contributed by atoms with van der Waals surface area (Å²) in [5, 5.41) is 9.23. The molecule has 0 radical (unpaired) electrons. The van der Waals surface area contributed by atoms with E-state index in [0.717, 1.165) is 20.9 Å². The number of aromatic nitrogens is 2. The predicted molar refractivity (Wildman–Crippen MR) is 72.2 cm³/mol. The first-order chi connectivity index (χ1) is 9.47. The minimum Gasteiger partial charge on any atom is -0.290 e. The molecule has 0 spiro atoms. The molecule has 7 heteroatoms. The maximum absolute atomic E-state index is 13.6. The zero-order valence-corrected chi connectivity index (χ0v) is 11.6. The van der Waals surface area contributed by atoms with Gasteiger partial charge in [-0.3, -0.25) is 13.9 Å². The van der Waals surface area contributed by atoms with E-state index in [0.29, 0.717) is 0 Å². The van der Waals surface area contributed by atoms with E-state index in [1.54, 1.807) is 12.1 Å². The van der Waals surface area contributed by atoms with Crippen LogP contribution in [0.3, 0.4) is 0 Å². The van der Waals surface area contributed by atoms with Crippen LogP contribution in [0.5, 0.6) is 0 Å². The Balaban J connectivity index is 2.70. The largest absolute Gasteiger partial charge is 0.331 e. The molecule has 0 aliphatic carbocycles. The molecule has 0 unspecified atom stereocenters. The van der Waals surface area contributed by atoms with Gasteiger partial charge in [-0.15, -0.1) is 0 Å². The van der Waals surface area contributed by atoms with Crippen molar-refractivity contribution in [2.45, 2.75) is 9.92 Å². The summed E-state index contributed by atoms with van der Waals surface area (Å²) in [5.41, 5.74) is -1.43. The van der Waals surface area contributed by atoms with E-state index in [-0.39, 0.29) is 15.5 Å². The Morgan fingerprint density at radius 3 is 2.45 bits per heavy atom. The fourth-order valence-corrected chi connectivity index (χ4v) is 2.64. The first-order valence-corrected chi connectivity index (χ1v) is 6.41. The highest BCUT2D eigenvalue weighted by molar-refractivity contribution is 7.99. The molecule has 0 fully saturated rings. The van der Waals surface area contributed by atoms with Gasteiger partial charge in [0.15, 0.2) is 0 Å². The van der Waals surface area contributed by atoms with Gasteiger partial charge in [-0.25, -0.2) is 9.18 Å². The zero-order chi connectivity index (χ0) is 14.9. The van der Waals surface area contributed by atoms with Gasteiger partial charge in [-0.2, -0.15) is 5.26 Å². The van der Waals surface area contributed by atoms with E-state index < -0.39 is 17.1 Å². The third kappa shape index (κ3) is 2.26. The molecule has 0 aliphatic heterocycles. The van der Waals surface area contributed by atoms with E-state index in [1.807, 2.05) is 0 Å². The van der Waals surface area contributed by atoms with Crippen LogP contribution < -0.4 is 11.2 Å². The fourth-order valence-electron chi connectivity index (χ4n) is 1.67. The van der Waals surface area contributed by atoms with Crippen LogP contribution in [0.4, 0.5) is 4.39 Å². The van der Waals surface area contributed by atoms with Crippen LogP contribution in [0, 0.1) is 17.1 Å². The minimum absolute atomic E-state index is 0.130. The second kappa shape index (κ2) is 5.35. The van der Waals surface area contributed by atoms with Crippen LogP contribution in [0.25, 0.3) is 0 Å². The number of rotatable bonds is 2. The first kappa shape index (κ1) is 14.1. The molecule has 1 heterocycles. The summed E-state index contributed by atoms with van der Waals surface area (Å²) in [6.45, 7) is 0. The maximum Gasteiger partial charge on any atom is 0.331 e. The van der Waals surface area contributed by atoms with Gasteiger partial charge in [0, 0.05) is 19.0 Å². The summed E-state index contributed by atoms with van der Waals surface area (Å²) in [5.74, 6) is -0.477. The molecular formula is C13H10FN3O2S. The van der Waals surface area contributed by atoms with Crippen LogP contribution in [0.1, 0.15) is 5.56 Å². The molecule has 0 N–H and O–H groups in total. The molecule has 1 aromatic heterocycles. The Morgan fingerprint density at radius 2 is 1.85 bits per heavy atom. The van der Waals surface area contributed by atoms with Gasteiger partial charge in [-0.05, 0) is 12.1 Å². The zero-order valence-electron chi connectivity index (χ0n) is 10.8. The van der Waals surface area contributed by atoms with Crippen molar-refractivity contribution in [1.82, 2.24) is 9.13 Å². The number of nitrogens with zero attached hydrogens (tertiary/aromatic N) is 3. The van der Waals surface area contributed by atoms with Crippen LogP contribution >= 0.6 is 11.8 Å². The molecule has 2 rings (SSSR count). The molecule has 102 valence electrons. The summed E-state index contributed by atoms with van der Waals surface area (Å²) >= 11 is 0.881. The highest BCUT2D eigenvalue weighted by Crippen LogP contribution is 2.29. The summed E-state index contributed by atoms with van der Waals surface area (Å²) in [4.78, 5) is 24.0. The summed E-state index contributed by atoms with van der Waals surface area (Å²) < 4.78 is 15.7.